The van der Waals surface area contributed by atoms with E-state index in [9.17, 15) is 13.2 Å². The number of pyridine rings is 1. The van der Waals surface area contributed by atoms with E-state index in [1.807, 2.05) is 28.8 Å². The van der Waals surface area contributed by atoms with Crippen molar-refractivity contribution < 1.29 is 13.2 Å². The van der Waals surface area contributed by atoms with Gasteiger partial charge in [0, 0.05) is 31.3 Å². The molecule has 2 N–H and O–H groups in total. The lowest BCUT2D eigenvalue weighted by atomic mass is 10.2. The van der Waals surface area contributed by atoms with Gasteiger partial charge in [0.2, 0.25) is 10.0 Å². The zero-order chi connectivity index (χ0) is 18.6. The summed E-state index contributed by atoms with van der Waals surface area (Å²) >= 11 is 0. The Kier molecular flexibility index (Phi) is 5.29. The summed E-state index contributed by atoms with van der Waals surface area (Å²) in [6, 6.07) is 11.6. The Bertz CT molecular complexity index is 1030. The standard InChI is InChI=1S/C17H19N5O3S/c1-2-19-26(24,25)14-7-5-6-13(12-14)17(23)18-10-9-16-21-20-15-8-3-4-11-22(15)16/h3-8,11-12,19H,2,9-10H2,1H3,(H,18,23). The van der Waals surface area contributed by atoms with Gasteiger partial charge in [-0.15, -0.1) is 10.2 Å². The van der Waals surface area contributed by atoms with E-state index >= 15 is 0 Å². The van der Waals surface area contributed by atoms with Gasteiger partial charge in [-0.3, -0.25) is 9.20 Å². The van der Waals surface area contributed by atoms with Crippen LogP contribution in [0.1, 0.15) is 23.1 Å². The molecule has 2 heterocycles. The quantitative estimate of drug-likeness (QED) is 0.643. The summed E-state index contributed by atoms with van der Waals surface area (Å²) in [6.07, 6.45) is 2.37. The Hall–Kier alpha value is -2.78. The average Bonchev–Trinajstić information content (AvgIpc) is 3.05. The molecule has 0 saturated heterocycles. The van der Waals surface area contributed by atoms with E-state index in [4.69, 9.17) is 0 Å². The second kappa shape index (κ2) is 7.63. The molecule has 8 nitrogen and oxygen atoms in total. The van der Waals surface area contributed by atoms with Gasteiger partial charge >= 0.3 is 0 Å². The Morgan fingerprint density at radius 1 is 1.15 bits per heavy atom. The van der Waals surface area contributed by atoms with Crippen molar-refractivity contribution in [3.05, 3.63) is 60.0 Å². The van der Waals surface area contributed by atoms with Crippen molar-refractivity contribution in [2.75, 3.05) is 13.1 Å². The number of rotatable bonds is 7. The van der Waals surface area contributed by atoms with E-state index < -0.39 is 10.0 Å². The van der Waals surface area contributed by atoms with Gasteiger partial charge in [-0.25, -0.2) is 13.1 Å². The molecular weight excluding hydrogens is 354 g/mol. The molecule has 0 spiro atoms. The first kappa shape index (κ1) is 18.0. The van der Waals surface area contributed by atoms with Crippen LogP contribution in [-0.4, -0.2) is 42.0 Å². The fourth-order valence-electron chi connectivity index (χ4n) is 2.53. The Morgan fingerprint density at radius 3 is 2.81 bits per heavy atom. The molecule has 0 aliphatic heterocycles. The molecule has 0 saturated carbocycles. The van der Waals surface area contributed by atoms with Gasteiger partial charge in [0.05, 0.1) is 4.90 Å². The minimum absolute atomic E-state index is 0.0652. The lowest BCUT2D eigenvalue weighted by Gasteiger charge is -2.08. The number of amides is 1. The number of nitrogens with one attached hydrogen (secondary N) is 2. The third kappa shape index (κ3) is 3.89. The maximum Gasteiger partial charge on any atom is 0.251 e. The molecular formula is C17H19N5O3S. The maximum absolute atomic E-state index is 12.3. The molecule has 2 aromatic heterocycles. The highest BCUT2D eigenvalue weighted by Gasteiger charge is 2.15. The molecule has 3 aromatic rings. The first-order valence-electron chi connectivity index (χ1n) is 8.18. The largest absolute Gasteiger partial charge is 0.352 e. The number of carbonyl (C=O) groups excluding carboxylic acids is 1. The van der Waals surface area contributed by atoms with Crippen LogP contribution in [0.4, 0.5) is 0 Å². The first-order valence-corrected chi connectivity index (χ1v) is 9.66. The smallest absolute Gasteiger partial charge is 0.251 e. The molecule has 1 amide bonds. The summed E-state index contributed by atoms with van der Waals surface area (Å²) in [5.74, 6) is 0.400. The zero-order valence-corrected chi connectivity index (χ0v) is 15.0. The molecule has 0 fully saturated rings. The van der Waals surface area contributed by atoms with Crippen LogP contribution in [0, 0.1) is 0 Å². The predicted molar refractivity (Wildman–Crippen MR) is 96.3 cm³/mol. The average molecular weight is 373 g/mol. The van der Waals surface area contributed by atoms with Crippen LogP contribution in [-0.2, 0) is 16.4 Å². The SMILES string of the molecule is CCNS(=O)(=O)c1cccc(C(=O)NCCc2nnc3ccccn23)c1. The molecule has 1 aromatic carbocycles. The van der Waals surface area contributed by atoms with Crippen LogP contribution in [0.25, 0.3) is 5.65 Å². The molecule has 0 aliphatic carbocycles. The number of hydrogen-bond acceptors (Lipinski definition) is 5. The number of hydrogen-bond donors (Lipinski definition) is 2. The number of aromatic nitrogens is 3. The van der Waals surface area contributed by atoms with Gasteiger partial charge in [0.1, 0.15) is 5.82 Å². The van der Waals surface area contributed by atoms with Crippen molar-refractivity contribution in [1.29, 1.82) is 0 Å². The second-order valence-electron chi connectivity index (χ2n) is 5.58. The molecule has 0 radical (unpaired) electrons. The monoisotopic (exact) mass is 373 g/mol. The molecule has 3 rings (SSSR count). The van der Waals surface area contributed by atoms with Crippen LogP contribution in [0.2, 0.25) is 0 Å². The Labute approximate surface area is 151 Å². The third-order valence-corrected chi connectivity index (χ3v) is 5.30. The van der Waals surface area contributed by atoms with E-state index in [0.717, 1.165) is 11.5 Å². The molecule has 136 valence electrons. The summed E-state index contributed by atoms with van der Waals surface area (Å²) in [7, 11) is -3.60. The summed E-state index contributed by atoms with van der Waals surface area (Å²) in [5, 5.41) is 10.9. The second-order valence-corrected chi connectivity index (χ2v) is 7.35. The lowest BCUT2D eigenvalue weighted by molar-refractivity contribution is 0.0953. The fourth-order valence-corrected chi connectivity index (χ4v) is 3.62. The third-order valence-electron chi connectivity index (χ3n) is 3.76. The lowest BCUT2D eigenvalue weighted by Crippen LogP contribution is -2.27. The van der Waals surface area contributed by atoms with Gasteiger partial charge < -0.3 is 5.32 Å². The number of benzene rings is 1. The maximum atomic E-state index is 12.3. The minimum atomic E-state index is -3.60. The first-order chi connectivity index (χ1) is 12.5. The van der Waals surface area contributed by atoms with Crippen LogP contribution in [0.5, 0.6) is 0 Å². The summed E-state index contributed by atoms with van der Waals surface area (Å²) in [5.41, 5.74) is 1.03. The molecule has 0 unspecified atom stereocenters. The predicted octanol–water partition coefficient (Wildman–Crippen LogP) is 1.000. The van der Waals surface area contributed by atoms with Gasteiger partial charge in [0.25, 0.3) is 5.91 Å². The van der Waals surface area contributed by atoms with E-state index in [-0.39, 0.29) is 22.9 Å². The Balaban J connectivity index is 1.65. The highest BCUT2D eigenvalue weighted by molar-refractivity contribution is 7.89. The van der Waals surface area contributed by atoms with Crippen LogP contribution in [0.15, 0.2) is 53.6 Å². The summed E-state index contributed by atoms with van der Waals surface area (Å²) in [6.45, 7) is 2.34. The van der Waals surface area contributed by atoms with Crippen LogP contribution in [0.3, 0.4) is 0 Å². The highest BCUT2D eigenvalue weighted by atomic mass is 32.2. The summed E-state index contributed by atoms with van der Waals surface area (Å²) < 4.78 is 28.3. The number of nitrogens with zero attached hydrogens (tertiary/aromatic N) is 3. The van der Waals surface area contributed by atoms with E-state index in [1.165, 1.54) is 12.1 Å². The van der Waals surface area contributed by atoms with Crippen LogP contribution < -0.4 is 10.0 Å². The van der Waals surface area contributed by atoms with Gasteiger partial charge in [-0.1, -0.05) is 19.1 Å². The van der Waals surface area contributed by atoms with Gasteiger partial charge in [0.15, 0.2) is 5.65 Å². The minimum Gasteiger partial charge on any atom is -0.352 e. The van der Waals surface area contributed by atoms with Crippen LogP contribution >= 0.6 is 0 Å². The van der Waals surface area contributed by atoms with Crippen molar-refractivity contribution in [2.45, 2.75) is 18.2 Å². The molecule has 9 heteroatoms. The molecule has 0 bridgehead atoms. The van der Waals surface area contributed by atoms with Gasteiger partial charge in [-0.05, 0) is 30.3 Å². The molecule has 0 atom stereocenters. The van der Waals surface area contributed by atoms with E-state index in [2.05, 4.69) is 20.2 Å². The van der Waals surface area contributed by atoms with Gasteiger partial charge in [-0.2, -0.15) is 0 Å². The normalized spacial score (nSPS) is 11.6. The number of fused-ring (bicyclic) bond motifs is 1. The Morgan fingerprint density at radius 2 is 2.00 bits per heavy atom. The highest BCUT2D eigenvalue weighted by Crippen LogP contribution is 2.11. The fraction of sp³-hybridized carbons (Fsp3) is 0.235. The summed E-state index contributed by atoms with van der Waals surface area (Å²) in [4.78, 5) is 12.4. The van der Waals surface area contributed by atoms with Crippen molar-refractivity contribution in [3.63, 3.8) is 0 Å². The van der Waals surface area contributed by atoms with Crippen molar-refractivity contribution in [3.8, 4) is 0 Å². The van der Waals surface area contributed by atoms with E-state index in [0.29, 0.717) is 13.0 Å². The number of carbonyl (C=O) groups is 1. The topological polar surface area (TPSA) is 105 Å². The zero-order valence-electron chi connectivity index (χ0n) is 14.2. The molecule has 26 heavy (non-hydrogen) atoms. The van der Waals surface area contributed by atoms with Crippen molar-refractivity contribution >= 4 is 21.6 Å². The number of sulfonamides is 1. The molecule has 0 aliphatic rings. The van der Waals surface area contributed by atoms with Crippen molar-refractivity contribution in [2.24, 2.45) is 0 Å². The van der Waals surface area contributed by atoms with Crippen molar-refractivity contribution in [1.82, 2.24) is 24.6 Å². The van der Waals surface area contributed by atoms with E-state index in [1.54, 1.807) is 19.1 Å².